The van der Waals surface area contributed by atoms with Crippen molar-refractivity contribution in [2.45, 2.75) is 6.54 Å². The van der Waals surface area contributed by atoms with Crippen molar-refractivity contribution in [1.82, 2.24) is 14.2 Å². The van der Waals surface area contributed by atoms with E-state index in [1.807, 2.05) is 42.6 Å². The number of aromatic nitrogens is 3. The molecular weight excluding hydrogens is 334 g/mol. The lowest BCUT2D eigenvalue weighted by atomic mass is 10.3. The summed E-state index contributed by atoms with van der Waals surface area (Å²) in [5.74, 6) is 0.800. The Bertz CT molecular complexity index is 850. The highest BCUT2D eigenvalue weighted by atomic mass is 35.5. The molecule has 0 amide bonds. The Kier molecular flexibility index (Phi) is 4.46. The summed E-state index contributed by atoms with van der Waals surface area (Å²) in [7, 11) is 1.63. The van der Waals surface area contributed by atoms with Gasteiger partial charge in [0.25, 0.3) is 0 Å². The molecule has 0 saturated carbocycles. The first-order valence-electron chi connectivity index (χ1n) is 6.69. The summed E-state index contributed by atoms with van der Waals surface area (Å²) < 4.78 is 10.9. The van der Waals surface area contributed by atoms with Crippen LogP contribution in [0.4, 0.5) is 5.00 Å². The number of ether oxygens (including phenoxy) is 1. The molecule has 3 aromatic rings. The van der Waals surface area contributed by atoms with Crippen molar-refractivity contribution >= 4 is 28.1 Å². The van der Waals surface area contributed by atoms with Gasteiger partial charge < -0.3 is 10.1 Å². The summed E-state index contributed by atoms with van der Waals surface area (Å²) in [5, 5.41) is 17.6. The van der Waals surface area contributed by atoms with Gasteiger partial charge in [0.2, 0.25) is 0 Å². The normalized spacial score (nSPS) is 10.3. The molecule has 0 bridgehead atoms. The van der Waals surface area contributed by atoms with Crippen LogP contribution in [0, 0.1) is 11.3 Å². The smallest absolute Gasteiger partial charge is 0.162 e. The van der Waals surface area contributed by atoms with Crippen LogP contribution < -0.4 is 10.1 Å². The van der Waals surface area contributed by atoms with E-state index in [1.165, 1.54) is 0 Å². The molecule has 8 heteroatoms. The van der Waals surface area contributed by atoms with Gasteiger partial charge in [0, 0.05) is 6.20 Å². The first kappa shape index (κ1) is 15.3. The SMILES string of the molecule is COc1ccc(-n2ccc(CNc3snc(Cl)c3C#N)n2)cc1. The third kappa shape index (κ3) is 3.28. The molecule has 1 N–H and O–H groups in total. The molecule has 6 nitrogen and oxygen atoms in total. The predicted molar refractivity (Wildman–Crippen MR) is 89.3 cm³/mol. The van der Waals surface area contributed by atoms with Crippen LogP contribution >= 0.6 is 23.1 Å². The first-order chi connectivity index (χ1) is 11.2. The number of halogens is 1. The van der Waals surface area contributed by atoms with Crippen LogP contribution in [-0.4, -0.2) is 21.3 Å². The van der Waals surface area contributed by atoms with E-state index in [-0.39, 0.29) is 5.15 Å². The number of nitrogens with zero attached hydrogens (tertiary/aromatic N) is 4. The fourth-order valence-corrected chi connectivity index (χ4v) is 2.92. The second-order valence-electron chi connectivity index (χ2n) is 4.59. The third-order valence-corrected chi connectivity index (χ3v) is 4.35. The maximum atomic E-state index is 9.04. The fourth-order valence-electron chi connectivity index (χ4n) is 1.99. The molecule has 2 heterocycles. The monoisotopic (exact) mass is 345 g/mol. The van der Waals surface area contributed by atoms with Crippen molar-refractivity contribution in [3.05, 3.63) is 52.9 Å². The van der Waals surface area contributed by atoms with E-state index in [0.717, 1.165) is 28.7 Å². The number of nitrogens with one attached hydrogen (secondary N) is 1. The molecule has 0 saturated heterocycles. The molecule has 116 valence electrons. The number of benzene rings is 1. The quantitative estimate of drug-likeness (QED) is 0.766. The minimum Gasteiger partial charge on any atom is -0.497 e. The average Bonchev–Trinajstić information content (AvgIpc) is 3.19. The van der Waals surface area contributed by atoms with Crippen molar-refractivity contribution in [3.8, 4) is 17.5 Å². The van der Waals surface area contributed by atoms with Crippen LogP contribution in [0.1, 0.15) is 11.3 Å². The molecular formula is C15H12ClN5OS. The summed E-state index contributed by atoms with van der Waals surface area (Å²) in [6, 6.07) is 11.6. The number of rotatable bonds is 5. The van der Waals surface area contributed by atoms with Crippen LogP contribution in [0.15, 0.2) is 36.5 Å². The van der Waals surface area contributed by atoms with Crippen molar-refractivity contribution < 1.29 is 4.74 Å². The summed E-state index contributed by atoms with van der Waals surface area (Å²) in [5.41, 5.74) is 2.15. The third-order valence-electron chi connectivity index (χ3n) is 3.17. The molecule has 0 spiro atoms. The number of methoxy groups -OCH3 is 1. The van der Waals surface area contributed by atoms with Gasteiger partial charge in [-0.1, -0.05) is 11.6 Å². The Morgan fingerprint density at radius 1 is 1.35 bits per heavy atom. The Morgan fingerprint density at radius 3 is 2.83 bits per heavy atom. The van der Waals surface area contributed by atoms with Crippen molar-refractivity contribution in [2.75, 3.05) is 12.4 Å². The van der Waals surface area contributed by atoms with E-state index in [0.29, 0.717) is 17.1 Å². The summed E-state index contributed by atoms with van der Waals surface area (Å²) in [6.07, 6.45) is 1.88. The summed E-state index contributed by atoms with van der Waals surface area (Å²) in [6.45, 7) is 0.482. The Morgan fingerprint density at radius 2 is 2.13 bits per heavy atom. The first-order valence-corrected chi connectivity index (χ1v) is 7.84. The molecule has 0 atom stereocenters. The lowest BCUT2D eigenvalue weighted by Gasteiger charge is -2.04. The topological polar surface area (TPSA) is 75.8 Å². The minimum atomic E-state index is 0.226. The van der Waals surface area contributed by atoms with Crippen molar-refractivity contribution in [2.24, 2.45) is 0 Å². The largest absolute Gasteiger partial charge is 0.497 e. The van der Waals surface area contributed by atoms with Crippen LogP contribution in [0.25, 0.3) is 5.69 Å². The highest BCUT2D eigenvalue weighted by molar-refractivity contribution is 7.10. The van der Waals surface area contributed by atoms with E-state index in [9.17, 15) is 0 Å². The molecule has 0 aliphatic carbocycles. The molecule has 0 unspecified atom stereocenters. The van der Waals surface area contributed by atoms with E-state index in [4.69, 9.17) is 21.6 Å². The standard InChI is InChI=1S/C15H12ClN5OS/c1-22-12-4-2-11(3-5-12)21-7-6-10(19-21)9-18-15-13(8-17)14(16)20-23-15/h2-7,18H,9H2,1H3. The maximum absolute atomic E-state index is 9.04. The molecule has 0 fully saturated rings. The highest BCUT2D eigenvalue weighted by Crippen LogP contribution is 2.27. The van der Waals surface area contributed by atoms with Gasteiger partial charge in [-0.15, -0.1) is 0 Å². The zero-order chi connectivity index (χ0) is 16.2. The highest BCUT2D eigenvalue weighted by Gasteiger charge is 2.11. The molecule has 2 aromatic heterocycles. The number of anilines is 1. The fraction of sp³-hybridized carbons (Fsp3) is 0.133. The summed E-state index contributed by atoms with van der Waals surface area (Å²) in [4.78, 5) is 0. The lowest BCUT2D eigenvalue weighted by Crippen LogP contribution is -2.02. The second-order valence-corrected chi connectivity index (χ2v) is 5.72. The number of hydrogen-bond donors (Lipinski definition) is 1. The zero-order valence-electron chi connectivity index (χ0n) is 12.2. The van der Waals surface area contributed by atoms with Crippen LogP contribution in [0.5, 0.6) is 5.75 Å². The molecule has 23 heavy (non-hydrogen) atoms. The lowest BCUT2D eigenvalue weighted by molar-refractivity contribution is 0.414. The van der Waals surface area contributed by atoms with Gasteiger partial charge in [0.1, 0.15) is 22.4 Å². The van der Waals surface area contributed by atoms with Crippen LogP contribution in [0.2, 0.25) is 5.15 Å². The van der Waals surface area contributed by atoms with Gasteiger partial charge in [-0.3, -0.25) is 0 Å². The minimum absolute atomic E-state index is 0.226. The molecule has 0 aliphatic heterocycles. The van der Waals surface area contributed by atoms with E-state index >= 15 is 0 Å². The molecule has 1 aromatic carbocycles. The molecule has 0 aliphatic rings. The molecule has 0 radical (unpaired) electrons. The second kappa shape index (κ2) is 6.69. The van der Waals surface area contributed by atoms with Crippen LogP contribution in [-0.2, 0) is 6.54 Å². The van der Waals surface area contributed by atoms with Crippen molar-refractivity contribution in [3.63, 3.8) is 0 Å². The Balaban J connectivity index is 1.70. The van der Waals surface area contributed by atoms with Crippen molar-refractivity contribution in [1.29, 1.82) is 5.26 Å². The predicted octanol–water partition coefficient (Wildman–Crippen LogP) is 3.47. The average molecular weight is 346 g/mol. The van der Waals surface area contributed by atoms with E-state index in [2.05, 4.69) is 14.8 Å². The van der Waals surface area contributed by atoms with Gasteiger partial charge in [-0.2, -0.15) is 14.7 Å². The summed E-state index contributed by atoms with van der Waals surface area (Å²) >= 11 is 7.01. The molecule has 3 rings (SSSR count). The van der Waals surface area contributed by atoms with Gasteiger partial charge in [0.05, 0.1) is 25.0 Å². The van der Waals surface area contributed by atoms with E-state index in [1.54, 1.807) is 11.8 Å². The van der Waals surface area contributed by atoms with Gasteiger partial charge in [-0.05, 0) is 41.9 Å². The number of hydrogen-bond acceptors (Lipinski definition) is 6. The zero-order valence-corrected chi connectivity index (χ0v) is 13.7. The van der Waals surface area contributed by atoms with Gasteiger partial charge in [0.15, 0.2) is 5.15 Å². The van der Waals surface area contributed by atoms with Crippen LogP contribution in [0.3, 0.4) is 0 Å². The maximum Gasteiger partial charge on any atom is 0.162 e. The van der Waals surface area contributed by atoms with Gasteiger partial charge >= 0.3 is 0 Å². The van der Waals surface area contributed by atoms with Gasteiger partial charge in [-0.25, -0.2) is 4.68 Å². The Hall–Kier alpha value is -2.56. The van der Waals surface area contributed by atoms with E-state index < -0.39 is 0 Å². The Labute approximate surface area is 142 Å². The number of nitriles is 1.